The van der Waals surface area contributed by atoms with Crippen molar-refractivity contribution in [3.63, 3.8) is 0 Å². The average molecular weight is 193 g/mol. The van der Waals surface area contributed by atoms with Crippen LogP contribution in [-0.4, -0.2) is 29.2 Å². The normalized spacial score (nSPS) is 13.5. The highest BCUT2D eigenvalue weighted by Crippen LogP contribution is 2.17. The van der Waals surface area contributed by atoms with Crippen molar-refractivity contribution >= 4 is 5.97 Å². The van der Waals surface area contributed by atoms with Crippen LogP contribution in [0, 0.1) is 10.1 Å². The van der Waals surface area contributed by atoms with Gasteiger partial charge in [0.05, 0.1) is 0 Å². The van der Waals surface area contributed by atoms with E-state index in [1.165, 1.54) is 0 Å². The van der Waals surface area contributed by atoms with E-state index in [-0.39, 0.29) is 0 Å². The van der Waals surface area contributed by atoms with E-state index in [0.717, 1.165) is 20.8 Å². The Bertz CT molecular complexity index is 211. The molecule has 13 heavy (non-hydrogen) atoms. The molecule has 0 heterocycles. The summed E-state index contributed by atoms with van der Waals surface area (Å²) in [5, 5.41) is 10.3. The van der Waals surface area contributed by atoms with Crippen molar-refractivity contribution in [1.82, 2.24) is 0 Å². The first kappa shape index (κ1) is 11.8. The monoisotopic (exact) mass is 193 g/mol. The van der Waals surface area contributed by atoms with E-state index in [9.17, 15) is 19.3 Å². The van der Waals surface area contributed by atoms with E-state index < -0.39 is 29.2 Å². The molecule has 76 valence electrons. The van der Waals surface area contributed by atoms with Crippen LogP contribution in [0.5, 0.6) is 0 Å². The van der Waals surface area contributed by atoms with E-state index in [1.54, 1.807) is 0 Å². The Kier molecular flexibility index (Phi) is 3.77. The Morgan fingerprint density at radius 3 is 2.38 bits per heavy atom. The van der Waals surface area contributed by atoms with Crippen molar-refractivity contribution in [2.24, 2.45) is 0 Å². The molecule has 0 rings (SSSR count). The van der Waals surface area contributed by atoms with Gasteiger partial charge in [0.25, 0.3) is 6.04 Å². The van der Waals surface area contributed by atoms with Crippen LogP contribution in [0.4, 0.5) is 4.39 Å². The third-order valence-electron chi connectivity index (χ3n) is 1.49. The summed E-state index contributed by atoms with van der Waals surface area (Å²) in [6, 6.07) is -1.52. The van der Waals surface area contributed by atoms with E-state index in [2.05, 4.69) is 4.74 Å². The van der Waals surface area contributed by atoms with Crippen molar-refractivity contribution in [3.8, 4) is 0 Å². The molecule has 0 aliphatic heterocycles. The zero-order valence-corrected chi connectivity index (χ0v) is 7.74. The van der Waals surface area contributed by atoms with Gasteiger partial charge in [0.2, 0.25) is 0 Å². The van der Waals surface area contributed by atoms with Gasteiger partial charge in [-0.1, -0.05) is 0 Å². The molecule has 0 radical (unpaired) electrons. The molecule has 0 amide bonds. The number of carbonyl (C=O) groups excluding carboxylic acids is 1. The molecule has 0 aliphatic rings. The number of rotatable bonds is 4. The van der Waals surface area contributed by atoms with Crippen LogP contribution in [0.3, 0.4) is 0 Å². The maximum absolute atomic E-state index is 13.1. The highest BCUT2D eigenvalue weighted by atomic mass is 19.1. The zero-order chi connectivity index (χ0) is 10.6. The summed E-state index contributed by atoms with van der Waals surface area (Å²) in [7, 11) is 0. The van der Waals surface area contributed by atoms with Gasteiger partial charge >= 0.3 is 5.97 Å². The molecule has 0 saturated heterocycles. The fourth-order valence-electron chi connectivity index (χ4n) is 0.706. The highest BCUT2D eigenvalue weighted by Gasteiger charge is 2.40. The van der Waals surface area contributed by atoms with Gasteiger partial charge in [-0.05, 0) is 13.8 Å². The number of halogens is 1. The summed E-state index contributed by atoms with van der Waals surface area (Å²) >= 11 is 0. The molecule has 1 atom stereocenters. The summed E-state index contributed by atoms with van der Waals surface area (Å²) < 4.78 is 17.5. The van der Waals surface area contributed by atoms with E-state index >= 15 is 0 Å². The third kappa shape index (κ3) is 4.39. The molecular weight excluding hydrogens is 181 g/mol. The number of ether oxygens (including phenoxy) is 1. The topological polar surface area (TPSA) is 69.4 Å². The molecule has 6 heteroatoms. The Hall–Kier alpha value is -1.20. The molecule has 0 aromatic heterocycles. The number of nitrogens with zero attached hydrogens (tertiary/aromatic N) is 1. The number of hydrogen-bond acceptors (Lipinski definition) is 4. The van der Waals surface area contributed by atoms with Crippen molar-refractivity contribution in [3.05, 3.63) is 10.1 Å². The lowest BCUT2D eigenvalue weighted by molar-refractivity contribution is -0.542. The maximum atomic E-state index is 13.1. The van der Waals surface area contributed by atoms with Gasteiger partial charge in [-0.25, -0.2) is 4.39 Å². The van der Waals surface area contributed by atoms with Crippen LogP contribution >= 0.6 is 0 Å². The first-order valence-corrected chi connectivity index (χ1v) is 3.71. The Morgan fingerprint density at radius 2 is 2.15 bits per heavy atom. The minimum Gasteiger partial charge on any atom is -0.458 e. The number of alkyl halides is 1. The first-order valence-electron chi connectivity index (χ1n) is 3.71. The second kappa shape index (κ2) is 4.15. The standard InChI is InChI=1S/C7H12FNO4/c1-5(10)13-4-6(9(11)12)7(2,3)8/h6H,4H2,1-3H3. The average Bonchev–Trinajstić information content (AvgIpc) is 1.81. The maximum Gasteiger partial charge on any atom is 0.302 e. The zero-order valence-electron chi connectivity index (χ0n) is 7.74. The summed E-state index contributed by atoms with van der Waals surface area (Å²) in [4.78, 5) is 19.9. The lowest BCUT2D eigenvalue weighted by Crippen LogP contribution is -2.42. The molecular formula is C7H12FNO4. The predicted octanol–water partition coefficient (Wildman–Crippen LogP) is 0.943. The molecule has 0 N–H and O–H groups in total. The minimum absolute atomic E-state index is 0.536. The van der Waals surface area contributed by atoms with Crippen LogP contribution in [0.1, 0.15) is 20.8 Å². The van der Waals surface area contributed by atoms with Crippen LogP contribution in [0.15, 0.2) is 0 Å². The van der Waals surface area contributed by atoms with Crippen LogP contribution in [0.2, 0.25) is 0 Å². The van der Waals surface area contributed by atoms with Gasteiger partial charge in [0.15, 0.2) is 12.3 Å². The fraction of sp³-hybridized carbons (Fsp3) is 0.857. The Morgan fingerprint density at radius 1 is 1.69 bits per heavy atom. The second-order valence-corrected chi connectivity index (χ2v) is 3.17. The van der Waals surface area contributed by atoms with Crippen LogP contribution in [-0.2, 0) is 9.53 Å². The minimum atomic E-state index is -2.00. The summed E-state index contributed by atoms with van der Waals surface area (Å²) in [5.74, 6) is -0.656. The number of esters is 1. The van der Waals surface area contributed by atoms with E-state index in [1.807, 2.05) is 0 Å². The number of carbonyl (C=O) groups is 1. The molecule has 0 aromatic rings. The number of nitro groups is 1. The van der Waals surface area contributed by atoms with Gasteiger partial charge in [-0.3, -0.25) is 14.9 Å². The molecule has 0 aliphatic carbocycles. The van der Waals surface area contributed by atoms with Crippen molar-refractivity contribution < 1.29 is 18.8 Å². The third-order valence-corrected chi connectivity index (χ3v) is 1.49. The van der Waals surface area contributed by atoms with Crippen molar-refractivity contribution in [2.45, 2.75) is 32.5 Å². The molecule has 0 spiro atoms. The largest absolute Gasteiger partial charge is 0.458 e. The molecule has 0 aromatic carbocycles. The van der Waals surface area contributed by atoms with E-state index in [0.29, 0.717) is 0 Å². The predicted molar refractivity (Wildman–Crippen MR) is 42.6 cm³/mol. The van der Waals surface area contributed by atoms with Crippen molar-refractivity contribution in [2.75, 3.05) is 6.61 Å². The Labute approximate surface area is 75.0 Å². The van der Waals surface area contributed by atoms with Crippen LogP contribution < -0.4 is 0 Å². The second-order valence-electron chi connectivity index (χ2n) is 3.17. The van der Waals surface area contributed by atoms with E-state index in [4.69, 9.17) is 0 Å². The fourth-order valence-corrected chi connectivity index (χ4v) is 0.706. The first-order chi connectivity index (χ1) is 5.75. The van der Waals surface area contributed by atoms with Crippen molar-refractivity contribution in [1.29, 1.82) is 0 Å². The summed E-state index contributed by atoms with van der Waals surface area (Å²) in [6.45, 7) is 2.72. The summed E-state index contributed by atoms with van der Waals surface area (Å²) in [5.41, 5.74) is -2.00. The quantitative estimate of drug-likeness (QED) is 0.378. The van der Waals surface area contributed by atoms with Gasteiger partial charge in [0, 0.05) is 11.8 Å². The molecule has 0 fully saturated rings. The molecule has 0 bridgehead atoms. The molecule has 5 nitrogen and oxygen atoms in total. The summed E-state index contributed by atoms with van der Waals surface area (Å²) in [6.07, 6.45) is 0. The Balaban J connectivity index is 4.28. The smallest absolute Gasteiger partial charge is 0.302 e. The van der Waals surface area contributed by atoms with Crippen LogP contribution in [0.25, 0.3) is 0 Å². The SMILES string of the molecule is CC(=O)OCC([N+](=O)[O-])C(C)(C)F. The van der Waals surface area contributed by atoms with Gasteiger partial charge in [-0.15, -0.1) is 0 Å². The van der Waals surface area contributed by atoms with Gasteiger partial charge in [0.1, 0.15) is 0 Å². The molecule has 1 unspecified atom stereocenters. The highest BCUT2D eigenvalue weighted by molar-refractivity contribution is 5.65. The number of hydrogen-bond donors (Lipinski definition) is 0. The molecule has 0 saturated carbocycles. The van der Waals surface area contributed by atoms with Gasteiger partial charge in [-0.2, -0.15) is 0 Å². The lowest BCUT2D eigenvalue weighted by Gasteiger charge is -2.18. The lowest BCUT2D eigenvalue weighted by atomic mass is 10.0. The van der Waals surface area contributed by atoms with Gasteiger partial charge < -0.3 is 4.74 Å².